The summed E-state index contributed by atoms with van der Waals surface area (Å²) in [5, 5.41) is 0. The molecule has 2 atom stereocenters. The van der Waals surface area contributed by atoms with E-state index in [-0.39, 0.29) is 18.2 Å². The number of carbonyl (C=O) groups excluding carboxylic acids is 1. The van der Waals surface area contributed by atoms with Crippen LogP contribution in [-0.4, -0.2) is 56.8 Å². The maximum atomic E-state index is 13.9. The van der Waals surface area contributed by atoms with Crippen LogP contribution in [0, 0.1) is 0 Å². The Morgan fingerprint density at radius 1 is 1.02 bits per heavy atom. The summed E-state index contributed by atoms with van der Waals surface area (Å²) in [4.78, 5) is 15.8. The Kier molecular flexibility index (Phi) is 12.3. The molecule has 0 bridgehead atoms. The lowest BCUT2D eigenvalue weighted by Crippen LogP contribution is -2.52. The molecule has 0 spiro atoms. The van der Waals surface area contributed by atoms with Gasteiger partial charge in [-0.05, 0) is 100.0 Å². The van der Waals surface area contributed by atoms with Gasteiger partial charge in [-0.2, -0.15) is 0 Å². The summed E-state index contributed by atoms with van der Waals surface area (Å²) < 4.78 is 25.1. The van der Waals surface area contributed by atoms with Crippen LogP contribution in [0.2, 0.25) is 18.1 Å². The summed E-state index contributed by atoms with van der Waals surface area (Å²) >= 11 is 0. The van der Waals surface area contributed by atoms with Gasteiger partial charge >= 0.3 is 6.09 Å². The molecule has 0 saturated carbocycles. The molecule has 0 aliphatic heterocycles. The molecule has 0 aromatic heterocycles. The van der Waals surface area contributed by atoms with E-state index in [1.165, 1.54) is 11.1 Å². The van der Waals surface area contributed by atoms with Crippen molar-refractivity contribution in [3.05, 3.63) is 72.3 Å². The van der Waals surface area contributed by atoms with E-state index in [9.17, 15) is 4.79 Å². The summed E-state index contributed by atoms with van der Waals surface area (Å²) in [6, 6.07) is 19.2. The highest BCUT2D eigenvalue weighted by Gasteiger charge is 2.37. The highest BCUT2D eigenvalue weighted by Crippen LogP contribution is 2.30. The van der Waals surface area contributed by atoms with Crippen molar-refractivity contribution in [3.8, 4) is 11.5 Å². The molecule has 2 aromatic carbocycles. The van der Waals surface area contributed by atoms with Gasteiger partial charge in [0.15, 0.2) is 8.32 Å². The van der Waals surface area contributed by atoms with E-state index in [1.807, 2.05) is 62.1 Å². The number of aryl methyl sites for hydroxylation is 1. The van der Waals surface area contributed by atoms with Crippen LogP contribution in [0.15, 0.2) is 61.2 Å². The number of nitrogens with zero attached hydrogens (tertiary/aromatic N) is 1. The van der Waals surface area contributed by atoms with Crippen LogP contribution in [-0.2, 0) is 22.0 Å². The smallest absolute Gasteiger partial charge is 0.410 e. The van der Waals surface area contributed by atoms with Gasteiger partial charge in [-0.15, -0.1) is 0 Å². The van der Waals surface area contributed by atoms with Gasteiger partial charge in [0.2, 0.25) is 0 Å². The molecule has 0 fully saturated rings. The van der Waals surface area contributed by atoms with E-state index in [0.29, 0.717) is 19.8 Å². The predicted octanol–water partition coefficient (Wildman–Crippen LogP) is 8.21. The van der Waals surface area contributed by atoms with Crippen molar-refractivity contribution < 1.29 is 23.4 Å². The summed E-state index contributed by atoms with van der Waals surface area (Å²) in [6.07, 6.45) is 4.79. The molecule has 1 unspecified atom stereocenters. The minimum absolute atomic E-state index is 0.0236. The van der Waals surface area contributed by atoms with Crippen molar-refractivity contribution in [2.24, 2.45) is 0 Å². The number of hydrogen-bond donors (Lipinski definition) is 0. The van der Waals surface area contributed by atoms with Gasteiger partial charge in [0.25, 0.3) is 0 Å². The SMILES string of the molecule is C=CCOc1ccc2c(c1)CC(N(C[C@@H](COc1ccccc1)O[Si](CC)(CC)CC)C(=O)OC(C)(C)C)CCC2. The van der Waals surface area contributed by atoms with Crippen LogP contribution in [0.25, 0.3) is 0 Å². The van der Waals surface area contributed by atoms with Gasteiger partial charge in [0.05, 0.1) is 12.6 Å². The number of benzene rings is 2. The van der Waals surface area contributed by atoms with E-state index < -0.39 is 13.9 Å². The topological polar surface area (TPSA) is 57.2 Å². The van der Waals surface area contributed by atoms with Gasteiger partial charge < -0.3 is 23.5 Å². The number of carbonyl (C=O) groups is 1. The molecule has 7 heteroatoms. The van der Waals surface area contributed by atoms with Gasteiger partial charge in [0, 0.05) is 6.04 Å². The van der Waals surface area contributed by atoms with Crippen LogP contribution < -0.4 is 9.47 Å². The molecule has 3 rings (SSSR count). The summed E-state index contributed by atoms with van der Waals surface area (Å²) in [6.45, 7) is 17.5. The standard InChI is InChI=1S/C34H51NO5Si/c1-8-22-37-31-21-20-27-16-15-17-29(23-28(27)24-31)35(33(36)39-34(5,6)7)25-32(40-41(9-2,10-3)11-4)26-38-30-18-13-12-14-19-30/h8,12-14,18-21,24,29,32H,1,9-11,15-17,22-23,25-26H2,2-7H3/t29?,32-/m0/s1. The maximum Gasteiger partial charge on any atom is 0.410 e. The number of hydrogen-bond acceptors (Lipinski definition) is 5. The Labute approximate surface area is 249 Å². The largest absolute Gasteiger partial charge is 0.491 e. The second-order valence-corrected chi connectivity index (χ2v) is 16.7. The lowest BCUT2D eigenvalue weighted by molar-refractivity contribution is -0.000471. The Morgan fingerprint density at radius 3 is 2.37 bits per heavy atom. The second-order valence-electron chi connectivity index (χ2n) is 12.0. The number of ether oxygens (including phenoxy) is 3. The van der Waals surface area contributed by atoms with E-state index in [2.05, 4.69) is 39.5 Å². The summed E-state index contributed by atoms with van der Waals surface area (Å²) in [5.41, 5.74) is 1.94. The summed E-state index contributed by atoms with van der Waals surface area (Å²) in [7, 11) is -1.99. The quantitative estimate of drug-likeness (QED) is 0.128. The summed E-state index contributed by atoms with van der Waals surface area (Å²) in [5.74, 6) is 1.63. The molecule has 0 N–H and O–H groups in total. The average Bonchev–Trinajstić information content (AvgIpc) is 3.17. The number of rotatable bonds is 14. The molecule has 6 nitrogen and oxygen atoms in total. The van der Waals surface area contributed by atoms with E-state index in [1.54, 1.807) is 6.08 Å². The Hall–Kier alpha value is -2.77. The fourth-order valence-corrected chi connectivity index (χ4v) is 8.38. The van der Waals surface area contributed by atoms with Crippen molar-refractivity contribution in [1.29, 1.82) is 0 Å². The fourth-order valence-electron chi connectivity index (χ4n) is 5.53. The zero-order valence-corrected chi connectivity index (χ0v) is 27.1. The first-order valence-corrected chi connectivity index (χ1v) is 17.9. The van der Waals surface area contributed by atoms with Crippen LogP contribution in [0.4, 0.5) is 4.79 Å². The molecule has 1 aliphatic carbocycles. The lowest BCUT2D eigenvalue weighted by Gasteiger charge is -2.39. The molecule has 226 valence electrons. The zero-order chi connectivity index (χ0) is 29.9. The Bertz CT molecular complexity index is 1090. The molecule has 2 aromatic rings. The number of amides is 1. The first kappa shape index (κ1) is 32.7. The van der Waals surface area contributed by atoms with Gasteiger partial charge in [-0.25, -0.2) is 4.79 Å². The van der Waals surface area contributed by atoms with Gasteiger partial charge in [-0.3, -0.25) is 0 Å². The van der Waals surface area contributed by atoms with Gasteiger partial charge in [-0.1, -0.05) is 57.7 Å². The highest BCUT2D eigenvalue weighted by molar-refractivity contribution is 6.73. The van der Waals surface area contributed by atoms with Crippen molar-refractivity contribution in [2.45, 2.75) is 103 Å². The molecular formula is C34H51NO5Si. The Balaban J connectivity index is 1.93. The normalized spacial score (nSPS) is 16.2. The van der Waals surface area contributed by atoms with Crippen LogP contribution in [0.1, 0.15) is 65.5 Å². The molecule has 0 radical (unpaired) electrons. The van der Waals surface area contributed by atoms with Gasteiger partial charge in [0.1, 0.15) is 30.3 Å². The van der Waals surface area contributed by atoms with Crippen molar-refractivity contribution >= 4 is 14.4 Å². The first-order chi connectivity index (χ1) is 19.6. The molecule has 0 saturated heterocycles. The minimum Gasteiger partial charge on any atom is -0.491 e. The zero-order valence-electron chi connectivity index (χ0n) is 26.1. The van der Waals surface area contributed by atoms with Crippen molar-refractivity contribution in [3.63, 3.8) is 0 Å². The molecule has 41 heavy (non-hydrogen) atoms. The van der Waals surface area contributed by atoms with Crippen molar-refractivity contribution in [1.82, 2.24) is 4.90 Å². The maximum absolute atomic E-state index is 13.9. The van der Waals surface area contributed by atoms with Crippen LogP contribution in [0.5, 0.6) is 11.5 Å². The van der Waals surface area contributed by atoms with E-state index >= 15 is 0 Å². The highest BCUT2D eigenvalue weighted by atomic mass is 28.4. The Morgan fingerprint density at radius 2 is 1.73 bits per heavy atom. The molecular weight excluding hydrogens is 530 g/mol. The van der Waals surface area contributed by atoms with Crippen molar-refractivity contribution in [2.75, 3.05) is 19.8 Å². The number of fused-ring (bicyclic) bond motifs is 1. The number of para-hydroxylation sites is 1. The third-order valence-electron chi connectivity index (χ3n) is 7.98. The third kappa shape index (κ3) is 9.92. The first-order valence-electron chi connectivity index (χ1n) is 15.3. The predicted molar refractivity (Wildman–Crippen MR) is 170 cm³/mol. The monoisotopic (exact) mass is 581 g/mol. The van der Waals surface area contributed by atoms with E-state index in [4.69, 9.17) is 18.6 Å². The average molecular weight is 582 g/mol. The molecule has 1 aliphatic rings. The van der Waals surface area contributed by atoms with Crippen LogP contribution >= 0.6 is 0 Å². The third-order valence-corrected chi connectivity index (χ3v) is 12.7. The lowest BCUT2D eigenvalue weighted by atomic mass is 10.0. The molecule has 0 heterocycles. The fraction of sp³-hybridized carbons (Fsp3) is 0.559. The van der Waals surface area contributed by atoms with E-state index in [0.717, 1.165) is 55.3 Å². The van der Waals surface area contributed by atoms with Crippen LogP contribution in [0.3, 0.4) is 0 Å². The minimum atomic E-state index is -1.99. The molecule has 1 amide bonds. The second kappa shape index (κ2) is 15.5.